The summed E-state index contributed by atoms with van der Waals surface area (Å²) in [5.41, 5.74) is 7.14. The van der Waals surface area contributed by atoms with Crippen molar-refractivity contribution < 1.29 is 4.79 Å². The molecule has 1 aromatic carbocycles. The Morgan fingerprint density at radius 1 is 1.32 bits per heavy atom. The molecule has 1 heterocycles. The van der Waals surface area contributed by atoms with E-state index in [9.17, 15) is 4.79 Å². The Labute approximate surface area is 115 Å². The molecule has 0 saturated carbocycles. The molecule has 0 fully saturated rings. The van der Waals surface area contributed by atoms with E-state index in [1.165, 1.54) is 16.7 Å². The van der Waals surface area contributed by atoms with Crippen LogP contribution in [0, 0.1) is 0 Å². The molecule has 19 heavy (non-hydrogen) atoms. The fraction of sp³-hybridized carbons (Fsp3) is 0.154. The molecular formula is C13H14N4OS. The maximum atomic E-state index is 11.9. The van der Waals surface area contributed by atoms with Gasteiger partial charge in [-0.2, -0.15) is 0 Å². The first kappa shape index (κ1) is 13.4. The topological polar surface area (TPSA) is 72.1 Å². The number of nitrogen functional groups attached to an aromatic ring is 1. The van der Waals surface area contributed by atoms with Gasteiger partial charge in [-0.25, -0.2) is 4.98 Å². The summed E-state index contributed by atoms with van der Waals surface area (Å²) in [4.78, 5) is 22.4. The number of benzene rings is 1. The highest BCUT2D eigenvalue weighted by molar-refractivity contribution is 7.99. The molecule has 0 aliphatic carbocycles. The van der Waals surface area contributed by atoms with E-state index >= 15 is 0 Å². The molecule has 0 spiro atoms. The van der Waals surface area contributed by atoms with E-state index in [0.717, 1.165) is 9.92 Å². The Kier molecular flexibility index (Phi) is 4.01. The Bertz CT molecular complexity index is 586. The van der Waals surface area contributed by atoms with Crippen molar-refractivity contribution in [3.05, 3.63) is 42.4 Å². The number of rotatable bonds is 3. The van der Waals surface area contributed by atoms with Gasteiger partial charge < -0.3 is 10.6 Å². The quantitative estimate of drug-likeness (QED) is 0.866. The minimum atomic E-state index is -0.0546. The molecule has 0 atom stereocenters. The van der Waals surface area contributed by atoms with Gasteiger partial charge in [0.2, 0.25) is 0 Å². The van der Waals surface area contributed by atoms with Gasteiger partial charge in [-0.3, -0.25) is 9.78 Å². The monoisotopic (exact) mass is 274 g/mol. The molecule has 0 saturated heterocycles. The first-order chi connectivity index (χ1) is 9.08. The predicted octanol–water partition coefficient (Wildman–Crippen LogP) is 1.91. The number of carbonyl (C=O) groups is 1. The van der Waals surface area contributed by atoms with Crippen molar-refractivity contribution in [3.8, 4) is 0 Å². The third-order valence-electron chi connectivity index (χ3n) is 2.42. The van der Waals surface area contributed by atoms with Gasteiger partial charge >= 0.3 is 0 Å². The second-order valence-corrected chi connectivity index (χ2v) is 5.16. The largest absolute Gasteiger partial charge is 0.398 e. The van der Waals surface area contributed by atoms with Crippen LogP contribution >= 0.6 is 11.8 Å². The van der Waals surface area contributed by atoms with Gasteiger partial charge in [-0.05, 0) is 18.2 Å². The van der Waals surface area contributed by atoms with E-state index in [-0.39, 0.29) is 5.91 Å². The Balaban J connectivity index is 2.30. The molecule has 5 nitrogen and oxygen atoms in total. The number of anilines is 1. The lowest BCUT2D eigenvalue weighted by Gasteiger charge is -2.12. The number of hydrogen-bond donors (Lipinski definition) is 1. The average Bonchev–Trinajstić information content (AvgIpc) is 2.41. The minimum absolute atomic E-state index is 0.0546. The van der Waals surface area contributed by atoms with E-state index < -0.39 is 0 Å². The van der Waals surface area contributed by atoms with Crippen LogP contribution in [0.15, 0.2) is 46.7 Å². The number of nitrogens with two attached hydrogens (primary N) is 1. The molecule has 2 aromatic rings. The fourth-order valence-electron chi connectivity index (χ4n) is 1.46. The van der Waals surface area contributed by atoms with Crippen LogP contribution in [0.3, 0.4) is 0 Å². The van der Waals surface area contributed by atoms with Crippen LogP contribution in [0.25, 0.3) is 0 Å². The summed E-state index contributed by atoms with van der Waals surface area (Å²) < 4.78 is 0. The SMILES string of the molecule is CN(C)C(=O)c1ccc(N)c(Sc2cnccn2)c1. The van der Waals surface area contributed by atoms with Crippen LogP contribution in [0.1, 0.15) is 10.4 Å². The van der Waals surface area contributed by atoms with Crippen LogP contribution in [-0.4, -0.2) is 34.9 Å². The summed E-state index contributed by atoms with van der Waals surface area (Å²) in [5, 5.41) is 0.739. The highest BCUT2D eigenvalue weighted by Gasteiger charge is 2.11. The smallest absolute Gasteiger partial charge is 0.253 e. The maximum absolute atomic E-state index is 11.9. The van der Waals surface area contributed by atoms with Gasteiger partial charge in [0, 0.05) is 42.6 Å². The minimum Gasteiger partial charge on any atom is -0.398 e. The first-order valence-corrected chi connectivity index (χ1v) is 6.44. The summed E-state index contributed by atoms with van der Waals surface area (Å²) in [6.07, 6.45) is 4.89. The van der Waals surface area contributed by atoms with Crippen molar-refractivity contribution >= 4 is 23.4 Å². The van der Waals surface area contributed by atoms with Crippen LogP contribution < -0.4 is 5.73 Å². The lowest BCUT2D eigenvalue weighted by molar-refractivity contribution is 0.0827. The van der Waals surface area contributed by atoms with Crippen molar-refractivity contribution in [2.24, 2.45) is 0 Å². The van der Waals surface area contributed by atoms with Gasteiger partial charge in [0.05, 0.1) is 6.20 Å². The van der Waals surface area contributed by atoms with E-state index in [0.29, 0.717) is 11.3 Å². The van der Waals surface area contributed by atoms with E-state index in [4.69, 9.17) is 5.73 Å². The maximum Gasteiger partial charge on any atom is 0.253 e. The molecule has 0 radical (unpaired) electrons. The third kappa shape index (κ3) is 3.23. The second-order valence-electron chi connectivity index (χ2n) is 4.10. The number of nitrogens with zero attached hydrogens (tertiary/aromatic N) is 3. The molecule has 0 aliphatic heterocycles. The van der Waals surface area contributed by atoms with E-state index in [2.05, 4.69) is 9.97 Å². The van der Waals surface area contributed by atoms with Crippen LogP contribution in [0.5, 0.6) is 0 Å². The molecule has 1 aromatic heterocycles. The molecular weight excluding hydrogens is 260 g/mol. The lowest BCUT2D eigenvalue weighted by Crippen LogP contribution is -2.21. The highest BCUT2D eigenvalue weighted by Crippen LogP contribution is 2.31. The number of hydrogen-bond acceptors (Lipinski definition) is 5. The molecule has 6 heteroatoms. The van der Waals surface area contributed by atoms with Crippen molar-refractivity contribution in [2.75, 3.05) is 19.8 Å². The van der Waals surface area contributed by atoms with Gasteiger partial charge in [0.1, 0.15) is 5.03 Å². The van der Waals surface area contributed by atoms with Gasteiger partial charge in [-0.1, -0.05) is 11.8 Å². The van der Waals surface area contributed by atoms with Crippen molar-refractivity contribution in [1.82, 2.24) is 14.9 Å². The van der Waals surface area contributed by atoms with Gasteiger partial charge in [-0.15, -0.1) is 0 Å². The fourth-order valence-corrected chi connectivity index (χ4v) is 2.29. The van der Waals surface area contributed by atoms with Crippen LogP contribution in [-0.2, 0) is 0 Å². The molecule has 2 rings (SSSR count). The Hall–Kier alpha value is -2.08. The van der Waals surface area contributed by atoms with Crippen molar-refractivity contribution in [3.63, 3.8) is 0 Å². The summed E-state index contributed by atoms with van der Waals surface area (Å²) in [6, 6.07) is 5.23. The summed E-state index contributed by atoms with van der Waals surface area (Å²) in [6.45, 7) is 0. The second kappa shape index (κ2) is 5.71. The third-order valence-corrected chi connectivity index (χ3v) is 3.41. The van der Waals surface area contributed by atoms with Crippen LogP contribution in [0.4, 0.5) is 5.69 Å². The average molecular weight is 274 g/mol. The first-order valence-electron chi connectivity index (χ1n) is 5.63. The lowest BCUT2D eigenvalue weighted by atomic mass is 10.2. The summed E-state index contributed by atoms with van der Waals surface area (Å²) in [7, 11) is 3.43. The van der Waals surface area contributed by atoms with Crippen molar-refractivity contribution in [2.45, 2.75) is 9.92 Å². The summed E-state index contributed by atoms with van der Waals surface area (Å²) in [5.74, 6) is -0.0546. The Morgan fingerprint density at radius 3 is 2.74 bits per heavy atom. The van der Waals surface area contributed by atoms with Gasteiger partial charge in [0.15, 0.2) is 0 Å². The molecule has 0 aliphatic rings. The predicted molar refractivity (Wildman–Crippen MR) is 75.0 cm³/mol. The van der Waals surface area contributed by atoms with Crippen molar-refractivity contribution in [1.29, 1.82) is 0 Å². The summed E-state index contributed by atoms with van der Waals surface area (Å²) >= 11 is 1.39. The zero-order valence-corrected chi connectivity index (χ0v) is 11.5. The molecule has 0 bridgehead atoms. The standard InChI is InChI=1S/C13H14N4OS/c1-17(2)13(18)9-3-4-10(14)11(7-9)19-12-8-15-5-6-16-12/h3-8H,14H2,1-2H3. The number of carbonyl (C=O) groups excluding carboxylic acids is 1. The van der Waals surface area contributed by atoms with Gasteiger partial charge in [0.25, 0.3) is 5.91 Å². The van der Waals surface area contributed by atoms with E-state index in [1.54, 1.807) is 50.9 Å². The van der Waals surface area contributed by atoms with Crippen LogP contribution in [0.2, 0.25) is 0 Å². The molecule has 98 valence electrons. The Morgan fingerprint density at radius 2 is 2.11 bits per heavy atom. The zero-order chi connectivity index (χ0) is 13.8. The number of aromatic nitrogens is 2. The normalized spacial score (nSPS) is 10.2. The molecule has 1 amide bonds. The molecule has 0 unspecified atom stereocenters. The highest BCUT2D eigenvalue weighted by atomic mass is 32.2. The van der Waals surface area contributed by atoms with E-state index in [1.807, 2.05) is 0 Å². The number of amides is 1. The molecule has 2 N–H and O–H groups in total. The zero-order valence-electron chi connectivity index (χ0n) is 10.7.